The van der Waals surface area contributed by atoms with Gasteiger partial charge < -0.3 is 5.11 Å². The van der Waals surface area contributed by atoms with Gasteiger partial charge in [0.05, 0.1) is 22.3 Å². The third-order valence-corrected chi connectivity index (χ3v) is 4.56. The molecule has 0 unspecified atom stereocenters. The van der Waals surface area contributed by atoms with Gasteiger partial charge in [0.2, 0.25) is 5.75 Å². The maximum absolute atomic E-state index is 12.8. The number of carbonyl (C=O) groups excluding carboxylic acids is 2. The summed E-state index contributed by atoms with van der Waals surface area (Å²) in [4.78, 5) is 35.7. The highest BCUT2D eigenvalue weighted by atomic mass is 35.5. The largest absolute Gasteiger partial charge is 0.502 e. The van der Waals surface area contributed by atoms with E-state index >= 15 is 0 Å². The van der Waals surface area contributed by atoms with Crippen LogP contribution in [-0.4, -0.2) is 33.1 Å². The van der Waals surface area contributed by atoms with Crippen molar-refractivity contribution in [2.45, 2.75) is 0 Å². The van der Waals surface area contributed by atoms with Gasteiger partial charge in [-0.1, -0.05) is 35.9 Å². The number of imide groups is 1. The summed E-state index contributed by atoms with van der Waals surface area (Å²) >= 11 is 5.84. The van der Waals surface area contributed by atoms with Crippen molar-refractivity contribution in [3.05, 3.63) is 80.4 Å². The molecule has 138 valence electrons. The molecule has 1 heterocycles. The first-order chi connectivity index (χ1) is 13.4. The van der Waals surface area contributed by atoms with E-state index in [-0.39, 0.29) is 10.6 Å². The topological polar surface area (TPSA) is 113 Å². The minimum Gasteiger partial charge on any atom is -0.502 e. The number of phenolic OH excluding ortho intramolecular Hbond substituents is 1. The van der Waals surface area contributed by atoms with Crippen molar-refractivity contribution in [1.29, 1.82) is 0 Å². The predicted octanol–water partition coefficient (Wildman–Crippen LogP) is 3.74. The summed E-state index contributed by atoms with van der Waals surface area (Å²) in [6.07, 6.45) is 0.984. The van der Waals surface area contributed by atoms with E-state index in [1.54, 1.807) is 36.4 Å². The fourth-order valence-electron chi connectivity index (χ4n) is 3.09. The van der Waals surface area contributed by atoms with Gasteiger partial charge in [0.1, 0.15) is 0 Å². The number of rotatable bonds is 3. The zero-order valence-electron chi connectivity index (χ0n) is 14.0. The summed E-state index contributed by atoms with van der Waals surface area (Å²) in [5, 5.41) is 26.9. The van der Waals surface area contributed by atoms with Crippen LogP contribution in [0.25, 0.3) is 10.8 Å². The van der Waals surface area contributed by atoms with E-state index in [2.05, 4.69) is 5.10 Å². The number of halogens is 1. The van der Waals surface area contributed by atoms with Crippen LogP contribution in [0.3, 0.4) is 0 Å². The fraction of sp³-hybridized carbons (Fsp3) is 0. The Kier molecular flexibility index (Phi) is 4.05. The van der Waals surface area contributed by atoms with E-state index in [4.69, 9.17) is 11.6 Å². The molecule has 1 N–H and O–H groups in total. The molecule has 0 atom stereocenters. The Bertz CT molecular complexity index is 1170. The van der Waals surface area contributed by atoms with Gasteiger partial charge in [-0.05, 0) is 23.6 Å². The second-order valence-corrected chi connectivity index (χ2v) is 6.43. The highest BCUT2D eigenvalue weighted by Crippen LogP contribution is 2.33. The number of hydrazone groups is 1. The third kappa shape index (κ3) is 2.67. The normalized spacial score (nSPS) is 13.5. The van der Waals surface area contributed by atoms with E-state index < -0.39 is 28.2 Å². The van der Waals surface area contributed by atoms with Gasteiger partial charge in [-0.3, -0.25) is 19.7 Å². The summed E-state index contributed by atoms with van der Waals surface area (Å²) in [5.41, 5.74) is -0.0884. The molecule has 0 spiro atoms. The quantitative estimate of drug-likeness (QED) is 0.314. The molecular formula is C19H10ClN3O5. The Labute approximate surface area is 162 Å². The molecule has 3 aromatic rings. The third-order valence-electron chi connectivity index (χ3n) is 4.34. The summed E-state index contributed by atoms with van der Waals surface area (Å²) in [6, 6.07) is 12.4. The van der Waals surface area contributed by atoms with Gasteiger partial charge >= 0.3 is 5.69 Å². The Hall–Kier alpha value is -3.78. The van der Waals surface area contributed by atoms with Gasteiger partial charge in [0, 0.05) is 22.0 Å². The monoisotopic (exact) mass is 395 g/mol. The molecule has 8 nitrogen and oxygen atoms in total. The van der Waals surface area contributed by atoms with Crippen LogP contribution in [0.1, 0.15) is 26.3 Å². The summed E-state index contributed by atoms with van der Waals surface area (Å²) in [7, 11) is 0. The van der Waals surface area contributed by atoms with E-state index in [1.807, 2.05) is 0 Å². The Morgan fingerprint density at radius 2 is 1.68 bits per heavy atom. The lowest BCUT2D eigenvalue weighted by atomic mass is 9.95. The van der Waals surface area contributed by atoms with Crippen molar-refractivity contribution in [3.63, 3.8) is 0 Å². The molecule has 1 aliphatic rings. The number of benzene rings is 3. The number of nitro groups is 1. The highest BCUT2D eigenvalue weighted by molar-refractivity contribution is 6.31. The SMILES string of the molecule is O=C1c2cccc3cccc(c23)C(=O)N1/N=C/c1cc(Cl)cc([N+](=O)[O-])c1O. The number of hydrogen-bond donors (Lipinski definition) is 1. The first-order valence-corrected chi connectivity index (χ1v) is 8.37. The standard InChI is InChI=1S/C19H10ClN3O5/c20-12-7-11(17(24)15(8-12)23(27)28)9-21-22-18(25)13-5-1-3-10-4-2-6-14(16(10)13)19(22)26/h1-9,24H/b21-9+. The predicted molar refractivity (Wildman–Crippen MR) is 102 cm³/mol. The van der Waals surface area contributed by atoms with Crippen LogP contribution < -0.4 is 0 Å². The molecule has 28 heavy (non-hydrogen) atoms. The van der Waals surface area contributed by atoms with Crippen molar-refractivity contribution in [1.82, 2.24) is 5.01 Å². The zero-order chi connectivity index (χ0) is 20.0. The number of hydrogen-bond acceptors (Lipinski definition) is 6. The lowest BCUT2D eigenvalue weighted by Gasteiger charge is -2.23. The van der Waals surface area contributed by atoms with E-state index in [0.717, 1.165) is 17.7 Å². The number of phenols is 1. The second-order valence-electron chi connectivity index (χ2n) is 6.00. The van der Waals surface area contributed by atoms with Gasteiger partial charge in [-0.25, -0.2) is 0 Å². The minimum absolute atomic E-state index is 0.00244. The molecule has 0 saturated carbocycles. The first-order valence-electron chi connectivity index (χ1n) is 8.00. The fourth-order valence-corrected chi connectivity index (χ4v) is 3.31. The number of nitro benzene ring substituents is 1. The summed E-state index contributed by atoms with van der Waals surface area (Å²) < 4.78 is 0. The highest BCUT2D eigenvalue weighted by Gasteiger charge is 2.32. The maximum atomic E-state index is 12.8. The molecule has 0 bridgehead atoms. The van der Waals surface area contributed by atoms with Crippen LogP contribution in [0.15, 0.2) is 53.6 Å². The molecule has 1 aliphatic heterocycles. The molecule has 0 aliphatic carbocycles. The first kappa shape index (κ1) is 17.6. The molecule has 9 heteroatoms. The van der Waals surface area contributed by atoms with Crippen molar-refractivity contribution in [2.75, 3.05) is 0 Å². The summed E-state index contributed by atoms with van der Waals surface area (Å²) in [5.74, 6) is -1.94. The van der Waals surface area contributed by atoms with Crippen LogP contribution >= 0.6 is 11.6 Å². The van der Waals surface area contributed by atoms with Crippen LogP contribution in [0.5, 0.6) is 5.75 Å². The Morgan fingerprint density at radius 1 is 1.07 bits per heavy atom. The van der Waals surface area contributed by atoms with Gasteiger partial charge in [0.25, 0.3) is 11.8 Å². The number of carbonyl (C=O) groups is 2. The van der Waals surface area contributed by atoms with Crippen LogP contribution in [0.2, 0.25) is 5.02 Å². The molecule has 3 aromatic carbocycles. The molecule has 0 radical (unpaired) electrons. The van der Waals surface area contributed by atoms with Crippen LogP contribution in [-0.2, 0) is 0 Å². The van der Waals surface area contributed by atoms with Crippen molar-refractivity contribution < 1.29 is 19.6 Å². The lowest BCUT2D eigenvalue weighted by molar-refractivity contribution is -0.385. The summed E-state index contributed by atoms with van der Waals surface area (Å²) in [6.45, 7) is 0. The number of nitrogens with zero attached hydrogens (tertiary/aromatic N) is 3. The molecule has 0 fully saturated rings. The van der Waals surface area contributed by atoms with Crippen LogP contribution in [0.4, 0.5) is 5.69 Å². The number of aromatic hydroxyl groups is 1. The maximum Gasteiger partial charge on any atom is 0.312 e. The zero-order valence-corrected chi connectivity index (χ0v) is 14.8. The van der Waals surface area contributed by atoms with Crippen LogP contribution in [0, 0.1) is 10.1 Å². The van der Waals surface area contributed by atoms with E-state index in [0.29, 0.717) is 21.5 Å². The average Bonchev–Trinajstić information content (AvgIpc) is 2.67. The molecule has 2 amide bonds. The minimum atomic E-state index is -0.799. The van der Waals surface area contributed by atoms with E-state index in [9.17, 15) is 24.8 Å². The second kappa shape index (κ2) is 6.43. The molecular weight excluding hydrogens is 386 g/mol. The smallest absolute Gasteiger partial charge is 0.312 e. The Balaban J connectivity index is 1.79. The molecule has 0 saturated heterocycles. The molecule has 4 rings (SSSR count). The van der Waals surface area contributed by atoms with Gasteiger partial charge in [0.15, 0.2) is 0 Å². The Morgan fingerprint density at radius 3 is 2.25 bits per heavy atom. The van der Waals surface area contributed by atoms with Crippen molar-refractivity contribution in [2.24, 2.45) is 5.10 Å². The average molecular weight is 396 g/mol. The van der Waals surface area contributed by atoms with E-state index in [1.165, 1.54) is 6.07 Å². The van der Waals surface area contributed by atoms with Gasteiger partial charge in [-0.15, -0.1) is 0 Å². The molecule has 0 aromatic heterocycles. The van der Waals surface area contributed by atoms with Crippen molar-refractivity contribution >= 4 is 46.1 Å². The lowest BCUT2D eigenvalue weighted by Crippen LogP contribution is -2.36. The van der Waals surface area contributed by atoms with Gasteiger partial charge in [-0.2, -0.15) is 10.1 Å². The number of amides is 2. The van der Waals surface area contributed by atoms with Crippen molar-refractivity contribution in [3.8, 4) is 5.75 Å².